The molecule has 2 aromatic carbocycles. The first-order valence-electron chi connectivity index (χ1n) is 12.1. The molecule has 0 aliphatic heterocycles. The van der Waals surface area contributed by atoms with Gasteiger partial charge in [-0.1, -0.05) is 69.5 Å². The third-order valence-corrected chi connectivity index (χ3v) is 8.32. The Bertz CT molecular complexity index is 1160. The number of nitrogens with two attached hydrogens (primary N) is 1. The predicted octanol–water partition coefficient (Wildman–Crippen LogP) is 6.69. The lowest BCUT2D eigenvalue weighted by Gasteiger charge is -2.24. The van der Waals surface area contributed by atoms with Crippen molar-refractivity contribution in [2.75, 3.05) is 5.32 Å². The second-order valence-corrected chi connectivity index (χ2v) is 11.6. The summed E-state index contributed by atoms with van der Waals surface area (Å²) in [6.07, 6.45) is 10.6. The fourth-order valence-corrected chi connectivity index (χ4v) is 6.05. The molecule has 3 rings (SSSR count). The third-order valence-electron chi connectivity index (χ3n) is 6.30. The van der Waals surface area contributed by atoms with Crippen LogP contribution in [0.25, 0.3) is 0 Å². The van der Waals surface area contributed by atoms with E-state index in [2.05, 4.69) is 5.32 Å². The van der Waals surface area contributed by atoms with Crippen molar-refractivity contribution < 1.29 is 31.5 Å². The van der Waals surface area contributed by atoms with Crippen LogP contribution >= 0.6 is 11.8 Å². The molecule has 11 heteroatoms. The van der Waals surface area contributed by atoms with E-state index in [-0.39, 0.29) is 16.5 Å². The summed E-state index contributed by atoms with van der Waals surface area (Å²) in [5.41, 5.74) is -0.695. The van der Waals surface area contributed by atoms with Crippen LogP contribution in [0.1, 0.15) is 81.0 Å². The quantitative estimate of drug-likeness (QED) is 0.350. The highest BCUT2D eigenvalue weighted by atomic mass is 32.2. The van der Waals surface area contributed by atoms with E-state index in [0.717, 1.165) is 51.4 Å². The zero-order valence-electron chi connectivity index (χ0n) is 19.9. The fourth-order valence-electron chi connectivity index (χ4n) is 4.40. The Labute approximate surface area is 213 Å². The Morgan fingerprint density at radius 2 is 1.36 bits per heavy atom. The first kappa shape index (κ1) is 28.3. The monoisotopic (exact) mass is 544 g/mol. The number of aromatic carboxylic acids is 1. The standard InChI is InChI=1S/C25H31F3N2O4S2/c26-19-20(27)24(36(29,33)34)22(30-17-10-8-6-4-2-1-3-5-7-9-11-17)21(28)23(19)35-18-14-12-16(13-15-18)25(31)32/h12-15,17,30H,1-11H2,(H,31,32)(H2,29,33,34). The van der Waals surface area contributed by atoms with Crippen LogP contribution < -0.4 is 10.5 Å². The Morgan fingerprint density at radius 1 is 0.861 bits per heavy atom. The molecule has 36 heavy (non-hydrogen) atoms. The van der Waals surface area contributed by atoms with E-state index in [1.54, 1.807) is 0 Å². The van der Waals surface area contributed by atoms with Gasteiger partial charge in [-0.3, -0.25) is 0 Å². The molecule has 0 radical (unpaired) electrons. The van der Waals surface area contributed by atoms with E-state index in [1.165, 1.54) is 30.7 Å². The molecule has 2 aromatic rings. The van der Waals surface area contributed by atoms with Crippen molar-refractivity contribution in [3.05, 3.63) is 47.3 Å². The summed E-state index contributed by atoms with van der Waals surface area (Å²) >= 11 is 0.531. The van der Waals surface area contributed by atoms with Gasteiger partial charge in [0.25, 0.3) is 0 Å². The van der Waals surface area contributed by atoms with Crippen LogP contribution in [-0.2, 0) is 10.0 Å². The van der Waals surface area contributed by atoms with Crippen LogP contribution in [0, 0.1) is 17.5 Å². The number of anilines is 1. The van der Waals surface area contributed by atoms with Gasteiger partial charge in [0.2, 0.25) is 10.0 Å². The van der Waals surface area contributed by atoms with E-state index in [9.17, 15) is 17.6 Å². The van der Waals surface area contributed by atoms with Crippen LogP contribution in [0.2, 0.25) is 0 Å². The van der Waals surface area contributed by atoms with Gasteiger partial charge in [-0.25, -0.2) is 31.5 Å². The van der Waals surface area contributed by atoms with Crippen molar-refractivity contribution >= 4 is 33.4 Å². The van der Waals surface area contributed by atoms with Crippen LogP contribution in [0.4, 0.5) is 18.9 Å². The van der Waals surface area contributed by atoms with E-state index in [1.807, 2.05) is 0 Å². The number of hydrogen-bond acceptors (Lipinski definition) is 5. The minimum absolute atomic E-state index is 0.0269. The topological polar surface area (TPSA) is 109 Å². The number of rotatable bonds is 6. The van der Waals surface area contributed by atoms with Crippen molar-refractivity contribution in [1.82, 2.24) is 0 Å². The molecular formula is C25H31F3N2O4S2. The lowest BCUT2D eigenvalue weighted by Crippen LogP contribution is -2.25. The number of nitrogens with one attached hydrogen (secondary N) is 1. The van der Waals surface area contributed by atoms with Gasteiger partial charge in [0.15, 0.2) is 17.5 Å². The van der Waals surface area contributed by atoms with E-state index in [4.69, 9.17) is 10.2 Å². The highest BCUT2D eigenvalue weighted by Crippen LogP contribution is 2.41. The molecule has 1 saturated carbocycles. The SMILES string of the molecule is NS(=O)(=O)c1c(F)c(F)c(Sc2ccc(C(=O)O)cc2)c(F)c1NC1CCCCCCCCCCC1. The number of carbonyl (C=O) groups is 1. The third kappa shape index (κ3) is 7.39. The van der Waals surface area contributed by atoms with Gasteiger partial charge >= 0.3 is 5.97 Å². The zero-order valence-corrected chi connectivity index (χ0v) is 21.5. The summed E-state index contributed by atoms with van der Waals surface area (Å²) in [7, 11) is -4.80. The number of carboxylic acid groups (broad SMARTS) is 1. The van der Waals surface area contributed by atoms with Crippen LogP contribution in [0.3, 0.4) is 0 Å². The highest BCUT2D eigenvalue weighted by Gasteiger charge is 2.32. The van der Waals surface area contributed by atoms with Gasteiger partial charge in [-0.05, 0) is 37.1 Å². The maximum Gasteiger partial charge on any atom is 0.335 e. The number of hydrogen-bond donors (Lipinski definition) is 3. The molecule has 0 aromatic heterocycles. The molecular weight excluding hydrogens is 513 g/mol. The number of benzene rings is 2. The first-order valence-corrected chi connectivity index (χ1v) is 14.5. The van der Waals surface area contributed by atoms with Crippen molar-refractivity contribution in [3.63, 3.8) is 0 Å². The van der Waals surface area contributed by atoms with E-state index >= 15 is 8.78 Å². The normalized spacial score (nSPS) is 16.7. The van der Waals surface area contributed by atoms with Crippen molar-refractivity contribution in [1.29, 1.82) is 0 Å². The van der Waals surface area contributed by atoms with Gasteiger partial charge < -0.3 is 10.4 Å². The lowest BCUT2D eigenvalue weighted by atomic mass is 9.97. The molecule has 1 aliphatic carbocycles. The Balaban J connectivity index is 1.98. The molecule has 0 atom stereocenters. The van der Waals surface area contributed by atoms with E-state index in [0.29, 0.717) is 24.6 Å². The maximum atomic E-state index is 15.7. The van der Waals surface area contributed by atoms with Gasteiger partial charge in [0, 0.05) is 10.9 Å². The van der Waals surface area contributed by atoms with Gasteiger partial charge in [-0.15, -0.1) is 0 Å². The molecule has 4 N–H and O–H groups in total. The summed E-state index contributed by atoms with van der Waals surface area (Å²) in [4.78, 5) is 9.34. The Morgan fingerprint density at radius 3 is 1.83 bits per heavy atom. The number of carboxylic acids is 1. The molecule has 0 heterocycles. The molecule has 0 bridgehead atoms. The molecule has 6 nitrogen and oxygen atoms in total. The molecule has 198 valence electrons. The number of primary sulfonamides is 1. The number of sulfonamides is 1. The Kier molecular flexibility index (Phi) is 10.1. The Hall–Kier alpha value is -2.24. The molecule has 0 spiro atoms. The summed E-state index contributed by atoms with van der Waals surface area (Å²) in [6, 6.07) is 4.83. The molecule has 0 saturated heterocycles. The zero-order chi connectivity index (χ0) is 26.3. The summed E-state index contributed by atoms with van der Waals surface area (Å²) in [5, 5.41) is 17.1. The van der Waals surface area contributed by atoms with Crippen molar-refractivity contribution in [2.24, 2.45) is 5.14 Å². The largest absolute Gasteiger partial charge is 0.478 e. The smallest absolute Gasteiger partial charge is 0.335 e. The molecule has 0 amide bonds. The van der Waals surface area contributed by atoms with Gasteiger partial charge in [-0.2, -0.15) is 0 Å². The predicted molar refractivity (Wildman–Crippen MR) is 133 cm³/mol. The molecule has 1 fully saturated rings. The van der Waals surface area contributed by atoms with Crippen LogP contribution in [0.15, 0.2) is 39.0 Å². The summed E-state index contributed by atoms with van der Waals surface area (Å²) in [5.74, 6) is -5.85. The van der Waals surface area contributed by atoms with Crippen molar-refractivity contribution in [3.8, 4) is 0 Å². The average molecular weight is 545 g/mol. The minimum Gasteiger partial charge on any atom is -0.478 e. The van der Waals surface area contributed by atoms with E-state index < -0.39 is 48.9 Å². The van der Waals surface area contributed by atoms with Crippen molar-refractivity contribution in [2.45, 2.75) is 91.4 Å². The second-order valence-electron chi connectivity index (χ2n) is 9.05. The first-order chi connectivity index (χ1) is 17.1. The molecule has 0 unspecified atom stereocenters. The summed E-state index contributed by atoms with van der Waals surface area (Å²) in [6.45, 7) is 0. The number of halogens is 3. The van der Waals surface area contributed by atoms with Gasteiger partial charge in [0.1, 0.15) is 4.90 Å². The maximum absolute atomic E-state index is 15.7. The van der Waals surface area contributed by atoms with Crippen LogP contribution in [0.5, 0.6) is 0 Å². The average Bonchev–Trinajstić information content (AvgIpc) is 2.81. The summed E-state index contributed by atoms with van der Waals surface area (Å²) < 4.78 is 70.1. The van der Waals surface area contributed by atoms with Crippen LogP contribution in [-0.4, -0.2) is 25.5 Å². The second kappa shape index (κ2) is 12.8. The fraction of sp³-hybridized carbons (Fsp3) is 0.480. The van der Waals surface area contributed by atoms with Gasteiger partial charge in [0.05, 0.1) is 16.1 Å². The lowest BCUT2D eigenvalue weighted by molar-refractivity contribution is 0.0696. The molecule has 1 aliphatic rings. The highest BCUT2D eigenvalue weighted by molar-refractivity contribution is 7.99. The minimum atomic E-state index is -4.80.